The van der Waals surface area contributed by atoms with Gasteiger partial charge < -0.3 is 33.7 Å². The Labute approximate surface area is 304 Å². The van der Waals surface area contributed by atoms with Crippen molar-refractivity contribution in [2.24, 2.45) is 17.8 Å². The Morgan fingerprint density at radius 3 is 2.35 bits per heavy atom. The Kier molecular flexibility index (Phi) is 13.5. The summed E-state index contributed by atoms with van der Waals surface area (Å²) in [6, 6.07) is 8.90. The number of Topliss-reactive ketones (excluding diaryl/α,β-unsaturated/α-hetero) is 1. The predicted molar refractivity (Wildman–Crippen MR) is 192 cm³/mol. The molecule has 1 aromatic rings. The molecule has 2 N–H and O–H groups in total. The summed E-state index contributed by atoms with van der Waals surface area (Å²) in [5, 5.41) is 12.8. The largest absolute Gasteiger partial charge is 0.455 e. The summed E-state index contributed by atoms with van der Waals surface area (Å²) in [5.41, 5.74) is 2.27. The maximum Gasteiger partial charge on any atom is 0.425 e. The zero-order valence-electron chi connectivity index (χ0n) is 32.4. The van der Waals surface area contributed by atoms with Crippen molar-refractivity contribution in [2.45, 2.75) is 135 Å². The van der Waals surface area contributed by atoms with Gasteiger partial charge in [-0.1, -0.05) is 64.1 Å². The van der Waals surface area contributed by atoms with Crippen molar-refractivity contribution in [3.8, 4) is 0 Å². The highest BCUT2D eigenvalue weighted by Gasteiger charge is 2.60. The number of carbonyl (C=O) groups is 3. The van der Waals surface area contributed by atoms with E-state index in [2.05, 4.69) is 5.43 Å². The van der Waals surface area contributed by atoms with Crippen LogP contribution >= 0.6 is 0 Å². The van der Waals surface area contributed by atoms with Gasteiger partial charge >= 0.3 is 12.1 Å². The molecule has 286 valence electrons. The normalized spacial score (nSPS) is 39.5. The Bertz CT molecular complexity index is 1390. The lowest BCUT2D eigenvalue weighted by atomic mass is 9.74. The number of likely N-dealkylation sites (N-methyl/N-ethyl adjacent to an activating group) is 1. The zero-order valence-corrected chi connectivity index (χ0v) is 32.4. The first-order valence-electron chi connectivity index (χ1n) is 18.4. The Morgan fingerprint density at radius 1 is 1.08 bits per heavy atom. The van der Waals surface area contributed by atoms with Crippen LogP contribution in [-0.4, -0.2) is 115 Å². The summed E-state index contributed by atoms with van der Waals surface area (Å²) in [6.07, 6.45) is -0.677. The number of ether oxygens (including phenoxy) is 5. The number of hydrazine groups is 1. The number of nitrogens with zero attached hydrogens (tertiary/aromatic N) is 2. The number of aliphatic hydroxyl groups excluding tert-OH is 1. The molecule has 0 saturated carbocycles. The van der Waals surface area contributed by atoms with Crippen LogP contribution in [0.5, 0.6) is 0 Å². The second kappa shape index (κ2) is 16.9. The highest BCUT2D eigenvalue weighted by atomic mass is 16.7. The second-order valence-corrected chi connectivity index (χ2v) is 15.5. The van der Waals surface area contributed by atoms with E-state index in [9.17, 15) is 19.5 Å². The van der Waals surface area contributed by atoms with Gasteiger partial charge in [0.1, 0.15) is 24.0 Å². The van der Waals surface area contributed by atoms with Crippen LogP contribution in [0.1, 0.15) is 80.2 Å². The van der Waals surface area contributed by atoms with Gasteiger partial charge in [-0.05, 0) is 73.0 Å². The standard InChI is InChI=1S/C39H61N3O9/c1-12-30-39(8)33(42(37(46)51-39)40-19-18-28-16-14-13-15-17-28)27(6)31(43)25(4)22-38(7,47-11)34(23(2)20-24(3)35(45)49-30)50-36-32(44)29(41(9)10)21-26(5)48-36/h13-17,20,23,25-27,29-30,32-34,36,40,44H,12,18-19,21-22H2,1-11H3/b24-20+/t23-,25+,26+,27-,29-,30+,32+,33+,34+,36-,38-,39+/m0/s1. The molecule has 12 heteroatoms. The van der Waals surface area contributed by atoms with E-state index in [0.717, 1.165) is 5.56 Å². The van der Waals surface area contributed by atoms with Crippen molar-refractivity contribution >= 4 is 17.8 Å². The third-order valence-corrected chi connectivity index (χ3v) is 11.2. The molecule has 0 unspecified atom stereocenters. The number of carbonyl (C=O) groups excluding carboxylic acids is 3. The average molecular weight is 716 g/mol. The second-order valence-electron chi connectivity index (χ2n) is 15.5. The van der Waals surface area contributed by atoms with Crippen LogP contribution in [-0.2, 0) is 39.7 Å². The van der Waals surface area contributed by atoms with Crippen LogP contribution < -0.4 is 5.43 Å². The summed E-state index contributed by atoms with van der Waals surface area (Å²) in [4.78, 5) is 43.9. The number of nitrogens with one attached hydrogen (secondary N) is 1. The fraction of sp³-hybridized carbons (Fsp3) is 0.718. The van der Waals surface area contributed by atoms with Gasteiger partial charge in [-0.3, -0.25) is 4.79 Å². The van der Waals surface area contributed by atoms with Crippen molar-refractivity contribution in [3.63, 3.8) is 0 Å². The predicted octanol–water partition coefficient (Wildman–Crippen LogP) is 4.68. The van der Waals surface area contributed by atoms with Gasteiger partial charge in [-0.2, -0.15) is 0 Å². The van der Waals surface area contributed by atoms with Gasteiger partial charge in [0.05, 0.1) is 17.8 Å². The molecule has 12 nitrogen and oxygen atoms in total. The van der Waals surface area contributed by atoms with E-state index in [4.69, 9.17) is 23.7 Å². The molecular weight excluding hydrogens is 654 g/mol. The number of methoxy groups -OCH3 is 1. The number of esters is 1. The molecule has 3 heterocycles. The third kappa shape index (κ3) is 8.85. The van der Waals surface area contributed by atoms with Gasteiger partial charge in [-0.25, -0.2) is 20.0 Å². The molecule has 1 amide bonds. The molecule has 51 heavy (non-hydrogen) atoms. The number of amides is 1. The van der Waals surface area contributed by atoms with Gasteiger partial charge in [0, 0.05) is 43.0 Å². The highest BCUT2D eigenvalue weighted by Crippen LogP contribution is 2.42. The number of rotatable bonds is 9. The number of aliphatic hydroxyl groups is 1. The first-order chi connectivity index (χ1) is 24.0. The van der Waals surface area contributed by atoms with Crippen LogP contribution in [0.3, 0.4) is 0 Å². The van der Waals surface area contributed by atoms with Gasteiger partial charge in [-0.15, -0.1) is 0 Å². The number of hydrogen-bond donors (Lipinski definition) is 2. The molecular formula is C39H61N3O9. The van der Waals surface area contributed by atoms with Crippen molar-refractivity contribution in [2.75, 3.05) is 27.7 Å². The molecule has 12 atom stereocenters. The smallest absolute Gasteiger partial charge is 0.425 e. The van der Waals surface area contributed by atoms with Crippen LogP contribution in [0.4, 0.5) is 4.79 Å². The molecule has 2 saturated heterocycles. The topological polar surface area (TPSA) is 136 Å². The van der Waals surface area contributed by atoms with Crippen LogP contribution in [0.2, 0.25) is 0 Å². The number of ketones is 1. The van der Waals surface area contributed by atoms with E-state index >= 15 is 0 Å². The number of hydrogen-bond acceptors (Lipinski definition) is 11. The summed E-state index contributed by atoms with van der Waals surface area (Å²) in [6.45, 7) is 15.1. The monoisotopic (exact) mass is 715 g/mol. The molecule has 4 rings (SSSR count). The molecule has 0 aliphatic carbocycles. The van der Waals surface area contributed by atoms with E-state index in [1.807, 2.05) is 83.9 Å². The van der Waals surface area contributed by atoms with Gasteiger partial charge in [0.25, 0.3) is 0 Å². The molecule has 0 bridgehead atoms. The van der Waals surface area contributed by atoms with Crippen molar-refractivity contribution in [1.82, 2.24) is 15.3 Å². The highest BCUT2D eigenvalue weighted by molar-refractivity contribution is 5.88. The van der Waals surface area contributed by atoms with Crippen LogP contribution in [0.15, 0.2) is 42.0 Å². The van der Waals surface area contributed by atoms with E-state index in [-0.39, 0.29) is 24.3 Å². The fourth-order valence-corrected chi connectivity index (χ4v) is 8.40. The Hall–Kier alpha value is -2.87. The third-order valence-electron chi connectivity index (χ3n) is 11.2. The Balaban J connectivity index is 1.73. The molecule has 0 radical (unpaired) electrons. The minimum atomic E-state index is -1.34. The Morgan fingerprint density at radius 2 is 1.75 bits per heavy atom. The minimum Gasteiger partial charge on any atom is -0.455 e. The van der Waals surface area contributed by atoms with Gasteiger partial charge in [0.15, 0.2) is 11.9 Å². The van der Waals surface area contributed by atoms with Crippen molar-refractivity contribution < 1.29 is 43.2 Å². The lowest BCUT2D eigenvalue weighted by Gasteiger charge is -2.46. The zero-order chi connectivity index (χ0) is 37.8. The lowest BCUT2D eigenvalue weighted by Crippen LogP contribution is -2.60. The fourth-order valence-electron chi connectivity index (χ4n) is 8.40. The van der Waals surface area contributed by atoms with E-state index in [0.29, 0.717) is 31.4 Å². The first-order valence-corrected chi connectivity index (χ1v) is 18.4. The summed E-state index contributed by atoms with van der Waals surface area (Å²) in [5.74, 6) is -2.38. The molecule has 0 spiro atoms. The quantitative estimate of drug-likeness (QED) is 0.345. The van der Waals surface area contributed by atoms with E-state index < -0.39 is 71.7 Å². The number of benzene rings is 1. The van der Waals surface area contributed by atoms with Gasteiger partial charge in [0.2, 0.25) is 0 Å². The number of cyclic esters (lactones) is 1. The van der Waals surface area contributed by atoms with Crippen LogP contribution in [0, 0.1) is 17.8 Å². The minimum absolute atomic E-state index is 0.103. The molecule has 2 fully saturated rings. The summed E-state index contributed by atoms with van der Waals surface area (Å²) < 4.78 is 31.3. The summed E-state index contributed by atoms with van der Waals surface area (Å²) in [7, 11) is 5.40. The van der Waals surface area contributed by atoms with E-state index in [1.165, 1.54) is 5.01 Å². The van der Waals surface area contributed by atoms with Crippen LogP contribution in [0.25, 0.3) is 0 Å². The van der Waals surface area contributed by atoms with Crippen molar-refractivity contribution in [3.05, 3.63) is 47.5 Å². The average Bonchev–Trinajstić information content (AvgIpc) is 3.35. The van der Waals surface area contributed by atoms with Crippen molar-refractivity contribution in [1.29, 1.82) is 0 Å². The van der Waals surface area contributed by atoms with E-state index in [1.54, 1.807) is 34.0 Å². The maximum absolute atomic E-state index is 14.5. The molecule has 1 aromatic carbocycles. The summed E-state index contributed by atoms with van der Waals surface area (Å²) >= 11 is 0. The first kappa shape index (κ1) is 40.9. The molecule has 3 aliphatic heterocycles. The number of fused-ring (bicyclic) bond motifs is 1. The SMILES string of the molecule is CC[C@H]1OC(=O)/C(C)=C/[C@H](C)[C@@H](O[C@@H]2O[C@H](C)C[C@H](N(C)C)[C@H]2O)[C@@](C)(OC)C[C@@H](C)C(=O)[C@H](C)[C@H]2N(NCCc3ccccc3)C(=O)O[C@]12C. The lowest BCUT2D eigenvalue weighted by molar-refractivity contribution is -0.294. The maximum atomic E-state index is 14.5. The molecule has 3 aliphatic rings. The molecule has 0 aromatic heterocycles.